The molecule has 0 N–H and O–H groups in total. The van der Waals surface area contributed by atoms with Crippen molar-refractivity contribution in [1.29, 1.82) is 0 Å². The molecule has 0 radical (unpaired) electrons. The molecule has 3 rings (SSSR count). The van der Waals surface area contributed by atoms with E-state index in [1.165, 1.54) is 4.48 Å². The zero-order chi connectivity index (χ0) is 11.8. The number of ether oxygens (including phenoxy) is 1. The van der Waals surface area contributed by atoms with Crippen LogP contribution in [0.1, 0.15) is 5.56 Å². The zero-order valence-electron chi connectivity index (χ0n) is 9.17. The Morgan fingerprint density at radius 2 is 2.18 bits per heavy atom. The van der Waals surface area contributed by atoms with Crippen molar-refractivity contribution in [3.05, 3.63) is 46.5 Å². The zero-order valence-corrected chi connectivity index (χ0v) is 10.8. The van der Waals surface area contributed by atoms with Crippen LogP contribution in [0.25, 0.3) is 0 Å². The van der Waals surface area contributed by atoms with Crippen LogP contribution in [0, 0.1) is 5.92 Å². The number of hydrogen-bond donors (Lipinski definition) is 0. The smallest absolute Gasteiger partial charge is 0.410 e. The first kappa shape index (κ1) is 10.8. The van der Waals surface area contributed by atoms with Gasteiger partial charge in [0.1, 0.15) is 6.61 Å². The number of fused-ring (bicyclic) bond motifs is 1. The normalized spacial score (nSPS) is 25.2. The summed E-state index contributed by atoms with van der Waals surface area (Å²) in [4.78, 5) is 13.5. The number of hydrogen-bond acceptors (Lipinski definition) is 2. The summed E-state index contributed by atoms with van der Waals surface area (Å²) in [6.07, 6.45) is 1.84. The largest absolute Gasteiger partial charge is 0.445 e. The molecule has 1 aromatic rings. The molecule has 1 aliphatic heterocycles. The molecule has 1 saturated heterocycles. The molecule has 0 spiro atoms. The summed E-state index contributed by atoms with van der Waals surface area (Å²) >= 11 is 3.45. The van der Waals surface area contributed by atoms with Gasteiger partial charge < -0.3 is 9.64 Å². The summed E-state index contributed by atoms with van der Waals surface area (Å²) in [5, 5.41) is 0. The van der Waals surface area contributed by atoms with Gasteiger partial charge in [0.2, 0.25) is 0 Å². The maximum absolute atomic E-state index is 11.8. The van der Waals surface area contributed by atoms with Crippen molar-refractivity contribution in [2.75, 3.05) is 6.54 Å². The molecule has 1 aliphatic carbocycles. The van der Waals surface area contributed by atoms with E-state index >= 15 is 0 Å². The fraction of sp³-hybridized carbons (Fsp3) is 0.308. The molecule has 1 fully saturated rings. The maximum atomic E-state index is 11.8. The first-order valence-corrected chi connectivity index (χ1v) is 6.39. The van der Waals surface area contributed by atoms with E-state index in [2.05, 4.69) is 22.0 Å². The van der Waals surface area contributed by atoms with Gasteiger partial charge in [-0.15, -0.1) is 0 Å². The lowest BCUT2D eigenvalue weighted by atomic mass is 9.79. The molecule has 2 unspecified atom stereocenters. The van der Waals surface area contributed by atoms with Crippen LogP contribution in [0.4, 0.5) is 4.79 Å². The molecule has 88 valence electrons. The van der Waals surface area contributed by atoms with Crippen molar-refractivity contribution < 1.29 is 9.53 Å². The van der Waals surface area contributed by atoms with Crippen molar-refractivity contribution in [2.45, 2.75) is 12.6 Å². The van der Waals surface area contributed by atoms with Gasteiger partial charge in [-0.2, -0.15) is 0 Å². The van der Waals surface area contributed by atoms with Gasteiger partial charge in [-0.25, -0.2) is 4.79 Å². The monoisotopic (exact) mass is 293 g/mol. The number of carbonyl (C=O) groups is 1. The minimum Gasteiger partial charge on any atom is -0.445 e. The van der Waals surface area contributed by atoms with E-state index in [1.807, 2.05) is 30.3 Å². The minimum atomic E-state index is -0.216. The minimum absolute atomic E-state index is 0.216. The van der Waals surface area contributed by atoms with Crippen molar-refractivity contribution in [3.63, 3.8) is 0 Å². The predicted molar refractivity (Wildman–Crippen MR) is 67.6 cm³/mol. The quantitative estimate of drug-likeness (QED) is 0.839. The first-order chi connectivity index (χ1) is 8.25. The molecular weight excluding hydrogens is 282 g/mol. The Morgan fingerprint density at radius 3 is 2.76 bits per heavy atom. The standard InChI is InChI=1S/C13H12BrNO2/c14-11-6-12-10(11)7-15(12)13(16)17-8-9-4-2-1-3-5-9/h1-6,10,12H,7-8H2. The van der Waals surface area contributed by atoms with E-state index in [-0.39, 0.29) is 12.1 Å². The van der Waals surface area contributed by atoms with Gasteiger partial charge in [0.15, 0.2) is 0 Å². The summed E-state index contributed by atoms with van der Waals surface area (Å²) in [6, 6.07) is 9.98. The van der Waals surface area contributed by atoms with Crippen molar-refractivity contribution in [3.8, 4) is 0 Å². The Labute approximate surface area is 108 Å². The van der Waals surface area contributed by atoms with Gasteiger partial charge >= 0.3 is 6.09 Å². The molecular formula is C13H12BrNO2. The molecule has 0 saturated carbocycles. The van der Waals surface area contributed by atoms with Crippen LogP contribution in [0.15, 0.2) is 40.9 Å². The Balaban J connectivity index is 1.52. The number of likely N-dealkylation sites (tertiary alicyclic amines) is 1. The van der Waals surface area contributed by atoms with Crippen LogP contribution >= 0.6 is 15.9 Å². The van der Waals surface area contributed by atoms with Gasteiger partial charge in [-0.05, 0) is 5.56 Å². The Bertz CT molecular complexity index is 472. The highest BCUT2D eigenvalue weighted by Crippen LogP contribution is 2.44. The SMILES string of the molecule is O=C(OCc1ccccc1)N1CC2C(Br)=CC21. The van der Waals surface area contributed by atoms with Crippen molar-refractivity contribution in [1.82, 2.24) is 4.90 Å². The molecule has 0 bridgehead atoms. The third-order valence-electron chi connectivity index (χ3n) is 3.29. The van der Waals surface area contributed by atoms with E-state index in [0.717, 1.165) is 12.1 Å². The summed E-state index contributed by atoms with van der Waals surface area (Å²) in [5.74, 6) is 0.513. The molecule has 1 aromatic carbocycles. The average Bonchev–Trinajstić information content (AvgIpc) is 2.34. The molecule has 1 amide bonds. The number of benzene rings is 1. The van der Waals surface area contributed by atoms with Crippen LogP contribution in [0.2, 0.25) is 0 Å². The molecule has 17 heavy (non-hydrogen) atoms. The fourth-order valence-corrected chi connectivity index (χ4v) is 2.83. The van der Waals surface area contributed by atoms with Crippen LogP contribution in [0.3, 0.4) is 0 Å². The first-order valence-electron chi connectivity index (χ1n) is 5.60. The van der Waals surface area contributed by atoms with Crippen molar-refractivity contribution >= 4 is 22.0 Å². The molecule has 0 aromatic heterocycles. The van der Waals surface area contributed by atoms with E-state index in [0.29, 0.717) is 12.5 Å². The highest BCUT2D eigenvalue weighted by molar-refractivity contribution is 9.11. The van der Waals surface area contributed by atoms with Crippen LogP contribution in [-0.2, 0) is 11.3 Å². The number of nitrogens with zero attached hydrogens (tertiary/aromatic N) is 1. The van der Waals surface area contributed by atoms with Gasteiger partial charge in [0.05, 0.1) is 6.04 Å². The van der Waals surface area contributed by atoms with E-state index in [4.69, 9.17) is 4.74 Å². The number of carbonyl (C=O) groups excluding carboxylic acids is 1. The summed E-state index contributed by atoms with van der Waals surface area (Å²) in [5.41, 5.74) is 1.02. The highest BCUT2D eigenvalue weighted by atomic mass is 79.9. The Kier molecular flexibility index (Phi) is 2.67. The molecule has 2 atom stereocenters. The Morgan fingerprint density at radius 1 is 1.41 bits per heavy atom. The Hall–Kier alpha value is -1.29. The third-order valence-corrected chi connectivity index (χ3v) is 4.14. The highest BCUT2D eigenvalue weighted by Gasteiger charge is 2.48. The average molecular weight is 294 g/mol. The van der Waals surface area contributed by atoms with Crippen LogP contribution in [-0.4, -0.2) is 23.6 Å². The lowest BCUT2D eigenvalue weighted by Gasteiger charge is -2.51. The summed E-state index contributed by atoms with van der Waals surface area (Å²) in [6.45, 7) is 1.12. The summed E-state index contributed by atoms with van der Waals surface area (Å²) in [7, 11) is 0. The number of rotatable bonds is 2. The maximum Gasteiger partial charge on any atom is 0.410 e. The topological polar surface area (TPSA) is 29.5 Å². The van der Waals surface area contributed by atoms with Gasteiger partial charge in [-0.3, -0.25) is 0 Å². The van der Waals surface area contributed by atoms with Gasteiger partial charge in [-0.1, -0.05) is 52.3 Å². The second-order valence-electron chi connectivity index (χ2n) is 4.34. The third kappa shape index (κ3) is 1.86. The number of amides is 1. The van der Waals surface area contributed by atoms with Gasteiger partial charge in [0, 0.05) is 16.9 Å². The molecule has 2 aliphatic rings. The van der Waals surface area contributed by atoms with Crippen LogP contribution < -0.4 is 0 Å². The second kappa shape index (κ2) is 4.18. The lowest BCUT2D eigenvalue weighted by Crippen LogP contribution is -2.62. The molecule has 4 heteroatoms. The van der Waals surface area contributed by atoms with E-state index in [9.17, 15) is 4.79 Å². The second-order valence-corrected chi connectivity index (χ2v) is 5.26. The summed E-state index contributed by atoms with van der Waals surface area (Å²) < 4.78 is 6.48. The lowest BCUT2D eigenvalue weighted by molar-refractivity contribution is 0.0249. The van der Waals surface area contributed by atoms with E-state index < -0.39 is 0 Å². The fourth-order valence-electron chi connectivity index (χ4n) is 2.14. The van der Waals surface area contributed by atoms with Crippen LogP contribution in [0.5, 0.6) is 0 Å². The number of halogens is 1. The molecule has 1 heterocycles. The van der Waals surface area contributed by atoms with Crippen molar-refractivity contribution in [2.24, 2.45) is 5.92 Å². The predicted octanol–water partition coefficient (Wildman–Crippen LogP) is 2.92. The molecule has 3 nitrogen and oxygen atoms in total. The van der Waals surface area contributed by atoms with E-state index in [1.54, 1.807) is 4.90 Å². The van der Waals surface area contributed by atoms with Gasteiger partial charge in [0.25, 0.3) is 0 Å².